The van der Waals surface area contributed by atoms with Gasteiger partial charge in [0.2, 0.25) is 0 Å². The van der Waals surface area contributed by atoms with Crippen LogP contribution in [0.1, 0.15) is 50.2 Å². The number of allylic oxidation sites excluding steroid dienone is 1. The lowest BCUT2D eigenvalue weighted by Crippen LogP contribution is -2.50. The number of hydrogen-bond acceptors (Lipinski definition) is 3. The van der Waals surface area contributed by atoms with E-state index < -0.39 is 17.5 Å². The summed E-state index contributed by atoms with van der Waals surface area (Å²) in [5.41, 5.74) is 1.38. The van der Waals surface area contributed by atoms with Gasteiger partial charge in [0.05, 0.1) is 0 Å². The molecule has 0 aliphatic carbocycles. The van der Waals surface area contributed by atoms with Crippen LogP contribution in [0.5, 0.6) is 0 Å². The number of carbonyl (C=O) groups excluding carboxylic acids is 2. The first-order valence-corrected chi connectivity index (χ1v) is 10.4. The smallest absolute Gasteiger partial charge is 0.318 e. The molecule has 1 saturated heterocycles. The lowest BCUT2D eigenvalue weighted by atomic mass is 9.74. The number of rotatable bonds is 8. The van der Waals surface area contributed by atoms with E-state index in [0.29, 0.717) is 18.8 Å². The Labute approximate surface area is 173 Å². The first kappa shape index (κ1) is 21.0. The van der Waals surface area contributed by atoms with Crippen molar-refractivity contribution >= 4 is 11.8 Å². The molecule has 3 nitrogen and oxygen atoms in total. The molecule has 152 valence electrons. The summed E-state index contributed by atoms with van der Waals surface area (Å²) in [6.45, 7) is 8.09. The summed E-state index contributed by atoms with van der Waals surface area (Å²) in [4.78, 5) is 26.3. The van der Waals surface area contributed by atoms with Crippen molar-refractivity contribution in [2.75, 3.05) is 0 Å². The number of ether oxygens (including phenoxy) is 1. The summed E-state index contributed by atoms with van der Waals surface area (Å²) >= 11 is 0. The van der Waals surface area contributed by atoms with Gasteiger partial charge in [-0.3, -0.25) is 9.59 Å². The van der Waals surface area contributed by atoms with E-state index in [1.165, 1.54) is 5.56 Å². The maximum Gasteiger partial charge on any atom is 0.318 e. The Morgan fingerprint density at radius 3 is 2.24 bits per heavy atom. The zero-order valence-electron chi connectivity index (χ0n) is 17.3. The van der Waals surface area contributed by atoms with Crippen LogP contribution in [0.25, 0.3) is 0 Å². The van der Waals surface area contributed by atoms with Gasteiger partial charge in [-0.2, -0.15) is 0 Å². The Kier molecular flexibility index (Phi) is 6.68. The SMILES string of the molecule is C=CC(c1ccccc1)C1C(=O)CC(CCc2ccccc2)(CC(C)C)OC1=O. The highest BCUT2D eigenvalue weighted by molar-refractivity contribution is 6.02. The van der Waals surface area contributed by atoms with Gasteiger partial charge in [-0.05, 0) is 36.3 Å². The second kappa shape index (κ2) is 9.21. The standard InChI is InChI=1S/C26H30O3/c1-4-22(21-13-9-6-10-14-21)24-23(27)18-26(17-19(2)3,29-25(24)28)16-15-20-11-7-5-8-12-20/h4-14,19,22,24H,1,15-18H2,2-3H3. The third kappa shape index (κ3) is 5.03. The Balaban J connectivity index is 1.82. The molecule has 0 N–H and O–H groups in total. The van der Waals surface area contributed by atoms with Gasteiger partial charge in [-0.1, -0.05) is 80.6 Å². The van der Waals surface area contributed by atoms with Crippen molar-refractivity contribution in [3.63, 3.8) is 0 Å². The molecule has 2 aromatic carbocycles. The van der Waals surface area contributed by atoms with Gasteiger partial charge in [0, 0.05) is 12.3 Å². The lowest BCUT2D eigenvalue weighted by molar-refractivity contribution is -0.180. The highest BCUT2D eigenvalue weighted by Gasteiger charge is 2.49. The highest BCUT2D eigenvalue weighted by atomic mass is 16.6. The van der Waals surface area contributed by atoms with Gasteiger partial charge < -0.3 is 4.74 Å². The average molecular weight is 391 g/mol. The van der Waals surface area contributed by atoms with Crippen LogP contribution in [0.15, 0.2) is 73.3 Å². The topological polar surface area (TPSA) is 43.4 Å². The Morgan fingerprint density at radius 2 is 1.69 bits per heavy atom. The monoisotopic (exact) mass is 390 g/mol. The molecule has 1 fully saturated rings. The predicted molar refractivity (Wildman–Crippen MR) is 116 cm³/mol. The summed E-state index contributed by atoms with van der Waals surface area (Å²) in [5.74, 6) is -1.30. The van der Waals surface area contributed by atoms with Crippen LogP contribution in [0.2, 0.25) is 0 Å². The van der Waals surface area contributed by atoms with E-state index in [1.54, 1.807) is 6.08 Å². The Hall–Kier alpha value is -2.68. The minimum Gasteiger partial charge on any atom is -0.458 e. The van der Waals surface area contributed by atoms with E-state index in [9.17, 15) is 9.59 Å². The molecule has 2 aromatic rings. The number of benzene rings is 2. The molecule has 3 atom stereocenters. The first-order valence-electron chi connectivity index (χ1n) is 10.4. The molecule has 1 aliphatic heterocycles. The summed E-state index contributed by atoms with van der Waals surface area (Å²) in [6, 6.07) is 19.7. The molecule has 1 aliphatic rings. The average Bonchev–Trinajstić information content (AvgIpc) is 2.70. The molecule has 3 heteroatoms. The number of ketones is 1. The molecule has 0 bridgehead atoms. The van der Waals surface area contributed by atoms with Crippen LogP contribution in [-0.2, 0) is 20.7 Å². The normalized spacial score (nSPS) is 22.9. The van der Waals surface area contributed by atoms with Gasteiger partial charge in [-0.25, -0.2) is 0 Å². The minimum atomic E-state index is -0.813. The van der Waals surface area contributed by atoms with E-state index in [4.69, 9.17) is 4.74 Å². The van der Waals surface area contributed by atoms with E-state index in [-0.39, 0.29) is 18.1 Å². The number of esters is 1. The van der Waals surface area contributed by atoms with Crippen LogP contribution >= 0.6 is 0 Å². The van der Waals surface area contributed by atoms with Crippen molar-refractivity contribution in [1.29, 1.82) is 0 Å². The summed E-state index contributed by atoms with van der Waals surface area (Å²) in [6.07, 6.45) is 4.09. The van der Waals surface area contributed by atoms with Crippen LogP contribution in [0, 0.1) is 11.8 Å². The first-order chi connectivity index (χ1) is 13.9. The van der Waals surface area contributed by atoms with Gasteiger partial charge in [0.15, 0.2) is 5.78 Å². The maximum absolute atomic E-state index is 13.2. The summed E-state index contributed by atoms with van der Waals surface area (Å²) in [5, 5.41) is 0. The van der Waals surface area contributed by atoms with E-state index in [2.05, 4.69) is 32.6 Å². The lowest BCUT2D eigenvalue weighted by Gasteiger charge is -2.41. The van der Waals surface area contributed by atoms with Gasteiger partial charge in [-0.15, -0.1) is 6.58 Å². The molecule has 3 rings (SSSR count). The summed E-state index contributed by atoms with van der Waals surface area (Å²) < 4.78 is 6.09. The third-order valence-electron chi connectivity index (χ3n) is 5.70. The van der Waals surface area contributed by atoms with E-state index >= 15 is 0 Å². The van der Waals surface area contributed by atoms with E-state index in [0.717, 1.165) is 12.0 Å². The molecule has 0 aromatic heterocycles. The minimum absolute atomic E-state index is 0.0382. The molecular formula is C26H30O3. The van der Waals surface area contributed by atoms with Gasteiger partial charge in [0.1, 0.15) is 11.5 Å². The maximum atomic E-state index is 13.2. The largest absolute Gasteiger partial charge is 0.458 e. The molecule has 3 unspecified atom stereocenters. The molecule has 0 saturated carbocycles. The van der Waals surface area contributed by atoms with Crippen LogP contribution in [0.4, 0.5) is 0 Å². The van der Waals surface area contributed by atoms with Crippen molar-refractivity contribution in [3.8, 4) is 0 Å². The van der Waals surface area contributed by atoms with Gasteiger partial charge >= 0.3 is 5.97 Å². The van der Waals surface area contributed by atoms with Crippen LogP contribution < -0.4 is 0 Å². The van der Waals surface area contributed by atoms with E-state index in [1.807, 2.05) is 48.5 Å². The quantitative estimate of drug-likeness (QED) is 0.339. The van der Waals surface area contributed by atoms with Crippen LogP contribution in [0.3, 0.4) is 0 Å². The Bertz CT molecular complexity index is 821. The molecule has 0 amide bonds. The fourth-order valence-corrected chi connectivity index (χ4v) is 4.47. The fraction of sp³-hybridized carbons (Fsp3) is 0.385. The van der Waals surface area contributed by atoms with Crippen molar-refractivity contribution in [1.82, 2.24) is 0 Å². The summed E-state index contributed by atoms with van der Waals surface area (Å²) in [7, 11) is 0. The van der Waals surface area contributed by atoms with Crippen molar-refractivity contribution in [2.24, 2.45) is 11.8 Å². The fourth-order valence-electron chi connectivity index (χ4n) is 4.47. The number of carbonyl (C=O) groups is 2. The van der Waals surface area contributed by atoms with Crippen molar-refractivity contribution in [2.45, 2.75) is 51.0 Å². The molecule has 29 heavy (non-hydrogen) atoms. The number of aryl methyl sites for hydroxylation is 1. The van der Waals surface area contributed by atoms with Crippen LogP contribution in [-0.4, -0.2) is 17.4 Å². The zero-order chi connectivity index (χ0) is 20.9. The third-order valence-corrected chi connectivity index (χ3v) is 5.70. The van der Waals surface area contributed by atoms with Crippen molar-refractivity contribution < 1.29 is 14.3 Å². The second-order valence-electron chi connectivity index (χ2n) is 8.48. The van der Waals surface area contributed by atoms with Gasteiger partial charge in [0.25, 0.3) is 0 Å². The molecule has 0 spiro atoms. The number of Topliss-reactive ketones (excluding diaryl/α,β-unsaturated/α-hetero) is 1. The number of hydrogen-bond donors (Lipinski definition) is 0. The molecule has 0 radical (unpaired) electrons. The number of cyclic esters (lactones) is 1. The van der Waals surface area contributed by atoms with Crippen molar-refractivity contribution in [3.05, 3.63) is 84.4 Å². The predicted octanol–water partition coefficient (Wildman–Crippen LogP) is 5.51. The molecule has 1 heterocycles. The molecular weight excluding hydrogens is 360 g/mol. The highest BCUT2D eigenvalue weighted by Crippen LogP contribution is 2.40. The second-order valence-corrected chi connectivity index (χ2v) is 8.48. The zero-order valence-corrected chi connectivity index (χ0v) is 17.3. The Morgan fingerprint density at radius 1 is 1.07 bits per heavy atom.